The highest BCUT2D eigenvalue weighted by Crippen LogP contribution is 2.39. The zero-order valence-corrected chi connectivity index (χ0v) is 62.4. The second-order valence-corrected chi connectivity index (χ2v) is 30.8. The van der Waals surface area contributed by atoms with E-state index in [2.05, 4.69) is 329 Å². The van der Waals surface area contributed by atoms with Crippen molar-refractivity contribution < 1.29 is 0 Å². The van der Waals surface area contributed by atoms with E-state index in [0.29, 0.717) is 17.5 Å². The number of aromatic nitrogens is 3. The van der Waals surface area contributed by atoms with E-state index in [4.69, 9.17) is 15.0 Å². The maximum atomic E-state index is 4.94. The molecule has 93 heavy (non-hydrogen) atoms. The zero-order valence-electron chi connectivity index (χ0n) is 62.4. The molecule has 0 saturated heterocycles. The monoisotopic (exact) mass is 1240 g/mol. The van der Waals surface area contributed by atoms with Gasteiger partial charge in [0.25, 0.3) is 0 Å². The fraction of sp³-hybridized carbons (Fsp3) is 0.427. The molecule has 0 amide bonds. The lowest BCUT2D eigenvalue weighted by Crippen LogP contribution is -2.14. The molecule has 4 heteroatoms. The van der Waals surface area contributed by atoms with Crippen LogP contribution in [-0.2, 0) is 34.5 Å². The van der Waals surface area contributed by atoms with Gasteiger partial charge in [0.05, 0.1) is 0 Å². The van der Waals surface area contributed by atoms with Gasteiger partial charge in [-0.05, 0) is 243 Å². The summed E-state index contributed by atoms with van der Waals surface area (Å²) in [5.74, 6) is 2.10. The van der Waals surface area contributed by atoms with Gasteiger partial charge in [0.1, 0.15) is 0 Å². The average Bonchev–Trinajstić information content (AvgIpc) is 0.808. The van der Waals surface area contributed by atoms with Crippen molar-refractivity contribution in [2.45, 2.75) is 252 Å². The molecular formula is C89H118N4. The third kappa shape index (κ3) is 21.8. The Morgan fingerprint density at radius 3 is 0.882 bits per heavy atom. The first-order valence-corrected chi connectivity index (χ1v) is 35.0. The Bertz CT molecular complexity index is 3580. The first-order chi connectivity index (χ1) is 43.7. The summed E-state index contributed by atoms with van der Waals surface area (Å²) >= 11 is 0. The summed E-state index contributed by atoms with van der Waals surface area (Å²) < 4.78 is 0. The van der Waals surface area contributed by atoms with Crippen LogP contribution in [0.25, 0.3) is 34.2 Å². The lowest BCUT2D eigenvalue weighted by molar-refractivity contribution is 0.590. The van der Waals surface area contributed by atoms with Gasteiger partial charge in [0, 0.05) is 33.8 Å². The van der Waals surface area contributed by atoms with Gasteiger partial charge in [0.15, 0.2) is 17.5 Å². The summed E-state index contributed by atoms with van der Waals surface area (Å²) in [5.41, 5.74) is 29.0. The molecule has 0 aliphatic carbocycles. The first-order valence-electron chi connectivity index (χ1n) is 35.0. The fourth-order valence-electron chi connectivity index (χ4n) is 11.7. The summed E-state index contributed by atoms with van der Waals surface area (Å²) in [6.45, 7) is 53.3. The summed E-state index contributed by atoms with van der Waals surface area (Å²) in [6.07, 6.45) is 13.4. The average molecular weight is 1240 g/mol. The van der Waals surface area contributed by atoms with E-state index in [1.54, 1.807) is 11.1 Å². The van der Waals surface area contributed by atoms with E-state index >= 15 is 0 Å². The number of hydrogen-bond acceptors (Lipinski definition) is 4. The van der Waals surface area contributed by atoms with Crippen LogP contribution in [0.5, 0.6) is 0 Å². The minimum absolute atomic E-state index is 0.0969. The topological polar surface area (TPSA) is 41.9 Å². The van der Waals surface area contributed by atoms with E-state index in [1.807, 2.05) is 0 Å². The van der Waals surface area contributed by atoms with Crippen molar-refractivity contribution in [2.24, 2.45) is 0 Å². The van der Waals surface area contributed by atoms with Gasteiger partial charge >= 0.3 is 0 Å². The highest BCUT2D eigenvalue weighted by Gasteiger charge is 2.22. The van der Waals surface area contributed by atoms with E-state index in [1.165, 1.54) is 159 Å². The van der Waals surface area contributed by atoms with Gasteiger partial charge in [-0.2, -0.15) is 0 Å². The van der Waals surface area contributed by atoms with Gasteiger partial charge in [-0.3, -0.25) is 0 Å². The summed E-state index contributed by atoms with van der Waals surface area (Å²) in [4.78, 5) is 17.2. The number of nitrogens with zero attached hydrogens (tertiary/aromatic N) is 4. The van der Waals surface area contributed by atoms with E-state index in [9.17, 15) is 0 Å². The molecule has 0 radical (unpaired) electrons. The number of unbranched alkanes of at least 4 members (excludes halogenated alkanes) is 6. The smallest absolute Gasteiger partial charge is 0.164 e. The van der Waals surface area contributed by atoms with E-state index in [0.717, 1.165) is 16.7 Å². The predicted octanol–water partition coefficient (Wildman–Crippen LogP) is 25.9. The SMILES string of the molecule is CCCCCCc1cc(C)c(CCCCCC)cc1C.Cc1cc(-c2nc(-c3ccc(C(C)(C)C)cc3)nc(-c3ccc(C(C)(C)C)cc3)n2)cc(C)c1C.Cc1cc(N(c2ccc(C(C)(C)C)cc2)c2ccc(C(C)(C)C)cc2)cc(C)c1C.Cc1cccc(C)c1. The lowest BCUT2D eigenvalue weighted by atomic mass is 9.86. The number of anilines is 3. The van der Waals surface area contributed by atoms with E-state index in [-0.39, 0.29) is 21.7 Å². The van der Waals surface area contributed by atoms with Crippen LogP contribution in [0.2, 0.25) is 0 Å². The summed E-state index contributed by atoms with van der Waals surface area (Å²) in [6, 6.07) is 57.6. The molecule has 1 aromatic heterocycles. The molecule has 8 aromatic carbocycles. The van der Waals surface area contributed by atoms with Crippen molar-refractivity contribution in [3.8, 4) is 34.2 Å². The minimum atomic E-state index is 0.0969. The van der Waals surface area contributed by atoms with Crippen molar-refractivity contribution >= 4 is 17.1 Å². The zero-order chi connectivity index (χ0) is 68.6. The molecule has 0 unspecified atom stereocenters. The molecule has 0 spiro atoms. The molecule has 9 rings (SSSR count). The second-order valence-electron chi connectivity index (χ2n) is 30.8. The molecule has 4 nitrogen and oxygen atoms in total. The van der Waals surface area contributed by atoms with Crippen LogP contribution < -0.4 is 4.90 Å². The predicted molar refractivity (Wildman–Crippen MR) is 408 cm³/mol. The Balaban J connectivity index is 0.000000214. The first kappa shape index (κ1) is 74.6. The molecule has 0 atom stereocenters. The van der Waals surface area contributed by atoms with Crippen molar-refractivity contribution in [3.05, 3.63) is 247 Å². The third-order valence-electron chi connectivity index (χ3n) is 18.6. The highest BCUT2D eigenvalue weighted by atomic mass is 15.1. The Labute approximate surface area is 566 Å². The van der Waals surface area contributed by atoms with Crippen molar-refractivity contribution in [1.29, 1.82) is 0 Å². The van der Waals surface area contributed by atoms with Crippen molar-refractivity contribution in [1.82, 2.24) is 15.0 Å². The van der Waals surface area contributed by atoms with Crippen molar-refractivity contribution in [2.75, 3.05) is 4.90 Å². The van der Waals surface area contributed by atoms with Crippen LogP contribution in [0, 0.1) is 69.2 Å². The summed E-state index contributed by atoms with van der Waals surface area (Å²) in [5, 5.41) is 0. The Morgan fingerprint density at radius 1 is 0.290 bits per heavy atom. The van der Waals surface area contributed by atoms with Gasteiger partial charge < -0.3 is 4.90 Å². The standard InChI is InChI=1S/C32H37N3.C29H37N.C20H34.C8H10/c1-20-18-25(19-21(2)22(20)3)30-34-28(23-10-14-26(15-11-23)31(4,5)6)33-29(35-30)24-12-16-27(17-13-24)32(7,8)9;1-20-18-27(19-21(2)22(20)3)30(25-14-10-23(11-15-25)28(4,5)6)26-16-12-24(13-17-26)29(7,8)9;1-5-7-9-11-13-19-15-18(4)20(16-17(19)3)14-12-10-8-6-2;1-7-4-3-5-8(2)6-7/h10-19H,1-9H3;10-19H,1-9H3;15-16H,5-14H2,1-4H3;3-6H,1-2H3. The molecular weight excluding hydrogens is 1130 g/mol. The molecule has 9 aromatic rings. The fourth-order valence-corrected chi connectivity index (χ4v) is 11.7. The van der Waals surface area contributed by atoms with Crippen molar-refractivity contribution in [3.63, 3.8) is 0 Å². The molecule has 0 saturated carbocycles. The van der Waals surface area contributed by atoms with Gasteiger partial charge in [-0.15, -0.1) is 0 Å². The molecule has 0 N–H and O–H groups in total. The maximum Gasteiger partial charge on any atom is 0.164 e. The number of hydrogen-bond donors (Lipinski definition) is 0. The molecule has 0 fully saturated rings. The van der Waals surface area contributed by atoms with Crippen LogP contribution in [0.3, 0.4) is 0 Å². The second kappa shape index (κ2) is 33.1. The quantitative estimate of drug-likeness (QED) is 0.0904. The Kier molecular flexibility index (Phi) is 26.6. The molecule has 0 aliphatic rings. The Morgan fingerprint density at radius 2 is 0.591 bits per heavy atom. The minimum Gasteiger partial charge on any atom is -0.310 e. The highest BCUT2D eigenvalue weighted by molar-refractivity contribution is 5.78. The molecule has 494 valence electrons. The lowest BCUT2D eigenvalue weighted by Gasteiger charge is -2.29. The van der Waals surface area contributed by atoms with Crippen LogP contribution in [0.15, 0.2) is 158 Å². The number of benzene rings is 8. The van der Waals surface area contributed by atoms with E-state index < -0.39 is 0 Å². The normalized spacial score (nSPS) is 11.7. The maximum absolute atomic E-state index is 4.94. The van der Waals surface area contributed by atoms with Crippen LogP contribution >= 0.6 is 0 Å². The third-order valence-corrected chi connectivity index (χ3v) is 18.6. The molecule has 0 aliphatic heterocycles. The largest absolute Gasteiger partial charge is 0.310 e. The van der Waals surface area contributed by atoms with Crippen LogP contribution in [-0.4, -0.2) is 15.0 Å². The Hall–Kier alpha value is -7.43. The summed E-state index contributed by atoms with van der Waals surface area (Å²) in [7, 11) is 0. The number of rotatable bonds is 16. The van der Waals surface area contributed by atoms with Gasteiger partial charge in [-0.25, -0.2) is 15.0 Å². The number of aryl methyl sites for hydroxylation is 10. The molecule has 1 heterocycles. The van der Waals surface area contributed by atoms with Gasteiger partial charge in [-0.1, -0.05) is 256 Å². The van der Waals surface area contributed by atoms with Gasteiger partial charge in [0.2, 0.25) is 0 Å². The van der Waals surface area contributed by atoms with Crippen LogP contribution in [0.4, 0.5) is 17.1 Å². The molecule has 0 bridgehead atoms. The van der Waals surface area contributed by atoms with Crippen LogP contribution in [0.1, 0.15) is 237 Å².